The van der Waals surface area contributed by atoms with Gasteiger partial charge in [-0.05, 0) is 20.0 Å². The van der Waals surface area contributed by atoms with Gasteiger partial charge in [0.1, 0.15) is 0 Å². The molecule has 0 radical (unpaired) electrons. The molecule has 2 nitrogen and oxygen atoms in total. The monoisotopic (exact) mass is 209 g/mol. The smallest absolute Gasteiger partial charge is 0.0763 e. The van der Waals surface area contributed by atoms with E-state index in [9.17, 15) is 0 Å². The van der Waals surface area contributed by atoms with Crippen molar-refractivity contribution in [2.24, 2.45) is 0 Å². The zero-order valence-corrected chi connectivity index (χ0v) is 8.26. The van der Waals surface area contributed by atoms with Gasteiger partial charge in [-0.15, -0.1) is 0 Å². The lowest BCUT2D eigenvalue weighted by Crippen LogP contribution is -2.30. The van der Waals surface area contributed by atoms with Crippen molar-refractivity contribution in [3.05, 3.63) is 0 Å². The summed E-state index contributed by atoms with van der Waals surface area (Å²) in [6.45, 7) is 3.96. The van der Waals surface area contributed by atoms with Crippen LogP contribution in [0.3, 0.4) is 0 Å². The number of hydrogen-bond donors (Lipinski definition) is 1. The Hall–Kier alpha value is 0.400. The Morgan fingerprint density at radius 2 is 2.20 bits per heavy atom. The van der Waals surface area contributed by atoms with Crippen LogP contribution in [-0.4, -0.2) is 41.6 Å². The summed E-state index contributed by atoms with van der Waals surface area (Å²) in [5.74, 6) is 0. The molecule has 62 valence electrons. The van der Waals surface area contributed by atoms with Gasteiger partial charge in [-0.1, -0.05) is 22.9 Å². The number of aliphatic hydroxyl groups is 1. The first-order valence-corrected chi connectivity index (χ1v) is 4.75. The maximum Gasteiger partial charge on any atom is 0.0763 e. The fourth-order valence-corrected chi connectivity index (χ4v) is 1.09. The van der Waals surface area contributed by atoms with Crippen LogP contribution in [0, 0.1) is 0 Å². The average Bonchev–Trinajstić information content (AvgIpc) is 1.88. The highest BCUT2D eigenvalue weighted by Gasteiger charge is 2.04. The number of nitrogens with zero attached hydrogens (tertiary/aromatic N) is 1. The summed E-state index contributed by atoms with van der Waals surface area (Å²) in [4.78, 5) is 2.13. The Balaban J connectivity index is 3.27. The molecule has 0 heterocycles. The molecular formula is C7H16BrNO. The minimum Gasteiger partial charge on any atom is -0.391 e. The van der Waals surface area contributed by atoms with E-state index in [1.165, 1.54) is 0 Å². The van der Waals surface area contributed by atoms with Gasteiger partial charge < -0.3 is 10.0 Å². The van der Waals surface area contributed by atoms with Gasteiger partial charge in [0.15, 0.2) is 0 Å². The molecule has 0 aliphatic heterocycles. The van der Waals surface area contributed by atoms with Crippen molar-refractivity contribution >= 4 is 15.9 Å². The van der Waals surface area contributed by atoms with Gasteiger partial charge in [-0.2, -0.15) is 0 Å². The van der Waals surface area contributed by atoms with E-state index in [0.717, 1.165) is 19.5 Å². The molecule has 0 aromatic heterocycles. The summed E-state index contributed by atoms with van der Waals surface area (Å²) in [6, 6.07) is 0. The maximum atomic E-state index is 9.17. The first-order chi connectivity index (χ1) is 4.70. The average molecular weight is 210 g/mol. The van der Waals surface area contributed by atoms with Gasteiger partial charge >= 0.3 is 0 Å². The standard InChI is InChI=1S/C7H16BrNO/c1-3-4-9(2)6-7(10)5-8/h7,10H,3-6H2,1-2H3. The Bertz CT molecular complexity index is 80.0. The summed E-state index contributed by atoms with van der Waals surface area (Å²) < 4.78 is 0. The van der Waals surface area contributed by atoms with Crippen molar-refractivity contribution < 1.29 is 5.11 Å². The van der Waals surface area contributed by atoms with Gasteiger partial charge in [-0.3, -0.25) is 0 Å². The molecule has 10 heavy (non-hydrogen) atoms. The molecule has 1 unspecified atom stereocenters. The zero-order chi connectivity index (χ0) is 7.98. The molecule has 0 aliphatic rings. The van der Waals surface area contributed by atoms with E-state index in [2.05, 4.69) is 27.8 Å². The summed E-state index contributed by atoms with van der Waals surface area (Å²) >= 11 is 3.22. The molecule has 1 N–H and O–H groups in total. The van der Waals surface area contributed by atoms with Gasteiger partial charge in [0.25, 0.3) is 0 Å². The molecule has 0 aromatic rings. The first kappa shape index (κ1) is 10.4. The highest BCUT2D eigenvalue weighted by atomic mass is 79.9. The van der Waals surface area contributed by atoms with E-state index < -0.39 is 0 Å². The molecule has 3 heteroatoms. The third kappa shape index (κ3) is 5.21. The number of likely N-dealkylation sites (N-methyl/N-ethyl adjacent to an activating group) is 1. The highest BCUT2D eigenvalue weighted by molar-refractivity contribution is 9.09. The fraction of sp³-hybridized carbons (Fsp3) is 1.00. The number of aliphatic hydroxyl groups excluding tert-OH is 1. The lowest BCUT2D eigenvalue weighted by Gasteiger charge is -2.17. The fourth-order valence-electron chi connectivity index (χ4n) is 0.882. The predicted molar refractivity (Wildman–Crippen MR) is 47.6 cm³/mol. The van der Waals surface area contributed by atoms with Gasteiger partial charge in [0.2, 0.25) is 0 Å². The third-order valence-electron chi connectivity index (χ3n) is 1.31. The van der Waals surface area contributed by atoms with Crippen LogP contribution in [0.2, 0.25) is 0 Å². The van der Waals surface area contributed by atoms with E-state index in [1.807, 2.05) is 7.05 Å². The molecule has 0 spiro atoms. The maximum absolute atomic E-state index is 9.17. The first-order valence-electron chi connectivity index (χ1n) is 3.63. The highest BCUT2D eigenvalue weighted by Crippen LogP contribution is 1.94. The van der Waals surface area contributed by atoms with Crippen LogP contribution in [0.15, 0.2) is 0 Å². The normalized spacial score (nSPS) is 14.1. The lowest BCUT2D eigenvalue weighted by atomic mass is 10.3. The predicted octanol–water partition coefficient (Wildman–Crippen LogP) is 1.08. The van der Waals surface area contributed by atoms with E-state index in [0.29, 0.717) is 5.33 Å². The second kappa shape index (κ2) is 6.13. The van der Waals surface area contributed by atoms with Crippen LogP contribution in [0.5, 0.6) is 0 Å². The Kier molecular flexibility index (Phi) is 6.38. The molecule has 0 amide bonds. The van der Waals surface area contributed by atoms with Gasteiger partial charge in [0.05, 0.1) is 6.10 Å². The molecule has 0 saturated carbocycles. The molecule has 0 fully saturated rings. The van der Waals surface area contributed by atoms with Crippen LogP contribution in [0.1, 0.15) is 13.3 Å². The summed E-state index contributed by atoms with van der Waals surface area (Å²) in [6.07, 6.45) is 0.919. The molecule has 0 aromatic carbocycles. The van der Waals surface area contributed by atoms with E-state index in [-0.39, 0.29) is 6.10 Å². The van der Waals surface area contributed by atoms with E-state index in [1.54, 1.807) is 0 Å². The number of hydrogen-bond acceptors (Lipinski definition) is 2. The van der Waals surface area contributed by atoms with Crippen LogP contribution < -0.4 is 0 Å². The van der Waals surface area contributed by atoms with E-state index in [4.69, 9.17) is 5.11 Å². The largest absolute Gasteiger partial charge is 0.391 e. The van der Waals surface area contributed by atoms with Crippen LogP contribution in [0.4, 0.5) is 0 Å². The Morgan fingerprint density at radius 3 is 2.60 bits per heavy atom. The topological polar surface area (TPSA) is 23.5 Å². The number of halogens is 1. The lowest BCUT2D eigenvalue weighted by molar-refractivity contribution is 0.146. The zero-order valence-electron chi connectivity index (χ0n) is 6.68. The molecular weight excluding hydrogens is 194 g/mol. The van der Waals surface area contributed by atoms with Crippen molar-refractivity contribution in [3.8, 4) is 0 Å². The number of alkyl halides is 1. The Labute approximate surface area is 71.4 Å². The third-order valence-corrected chi connectivity index (χ3v) is 2.05. The summed E-state index contributed by atoms with van der Waals surface area (Å²) in [7, 11) is 2.02. The van der Waals surface area contributed by atoms with Crippen molar-refractivity contribution in [1.82, 2.24) is 4.90 Å². The van der Waals surface area contributed by atoms with Crippen molar-refractivity contribution in [2.45, 2.75) is 19.4 Å². The van der Waals surface area contributed by atoms with E-state index >= 15 is 0 Å². The molecule has 0 saturated heterocycles. The summed E-state index contributed by atoms with van der Waals surface area (Å²) in [5, 5.41) is 9.83. The van der Waals surface area contributed by atoms with Crippen molar-refractivity contribution in [3.63, 3.8) is 0 Å². The minimum atomic E-state index is -0.225. The summed E-state index contributed by atoms with van der Waals surface area (Å²) in [5.41, 5.74) is 0. The Morgan fingerprint density at radius 1 is 1.60 bits per heavy atom. The second-order valence-corrected chi connectivity index (χ2v) is 3.22. The van der Waals surface area contributed by atoms with Gasteiger partial charge in [0, 0.05) is 11.9 Å². The molecule has 1 atom stereocenters. The van der Waals surface area contributed by atoms with Crippen molar-refractivity contribution in [2.75, 3.05) is 25.5 Å². The number of rotatable bonds is 5. The molecule has 0 rings (SSSR count). The van der Waals surface area contributed by atoms with Crippen LogP contribution >= 0.6 is 15.9 Å². The quantitative estimate of drug-likeness (QED) is 0.686. The SMILES string of the molecule is CCCN(C)CC(O)CBr. The minimum absolute atomic E-state index is 0.225. The molecule has 0 aliphatic carbocycles. The van der Waals surface area contributed by atoms with Crippen molar-refractivity contribution in [1.29, 1.82) is 0 Å². The van der Waals surface area contributed by atoms with Gasteiger partial charge in [-0.25, -0.2) is 0 Å². The van der Waals surface area contributed by atoms with Crippen LogP contribution in [0.25, 0.3) is 0 Å². The second-order valence-electron chi connectivity index (χ2n) is 2.57. The van der Waals surface area contributed by atoms with Crippen LogP contribution in [-0.2, 0) is 0 Å². The molecule has 0 bridgehead atoms.